The van der Waals surface area contributed by atoms with Crippen LogP contribution in [-0.4, -0.2) is 25.8 Å². The van der Waals surface area contributed by atoms with Crippen molar-refractivity contribution < 1.29 is 4.74 Å². The van der Waals surface area contributed by atoms with Gasteiger partial charge in [0, 0.05) is 13.1 Å². The third-order valence-electron chi connectivity index (χ3n) is 1.77. The van der Waals surface area contributed by atoms with E-state index in [1.165, 1.54) is 5.57 Å². The van der Waals surface area contributed by atoms with Gasteiger partial charge in [0.25, 0.3) is 0 Å². The molecule has 0 aromatic heterocycles. The van der Waals surface area contributed by atoms with Crippen LogP contribution < -0.4 is 5.32 Å². The van der Waals surface area contributed by atoms with Crippen LogP contribution >= 0.6 is 0 Å². The van der Waals surface area contributed by atoms with Crippen molar-refractivity contribution in [3.8, 4) is 0 Å². The molecule has 2 heteroatoms. The lowest BCUT2D eigenvalue weighted by molar-refractivity contribution is 0.0320. The molecule has 0 amide bonds. The van der Waals surface area contributed by atoms with E-state index in [4.69, 9.17) is 4.74 Å². The van der Waals surface area contributed by atoms with Gasteiger partial charge in [-0.05, 0) is 6.42 Å². The Hall–Kier alpha value is -0.340. The summed E-state index contributed by atoms with van der Waals surface area (Å²) >= 11 is 0. The Bertz CT molecular complexity index is 118. The molecule has 1 heterocycles. The van der Waals surface area contributed by atoms with E-state index in [2.05, 4.69) is 18.8 Å². The van der Waals surface area contributed by atoms with Gasteiger partial charge in [-0.3, -0.25) is 0 Å². The van der Waals surface area contributed by atoms with E-state index in [0.717, 1.165) is 26.1 Å². The number of nitrogens with one attached hydrogen (secondary N) is 1. The molecule has 0 radical (unpaired) electrons. The molecule has 1 aliphatic heterocycles. The first-order valence-corrected chi connectivity index (χ1v) is 3.82. The van der Waals surface area contributed by atoms with Gasteiger partial charge >= 0.3 is 0 Å². The zero-order valence-electron chi connectivity index (χ0n) is 6.52. The minimum Gasteiger partial charge on any atom is -0.371 e. The Labute approximate surface area is 62.3 Å². The zero-order valence-corrected chi connectivity index (χ0v) is 6.52. The lowest BCUT2D eigenvalue weighted by Gasteiger charge is -2.27. The summed E-state index contributed by atoms with van der Waals surface area (Å²) < 4.78 is 5.47. The normalized spacial score (nSPS) is 18.5. The van der Waals surface area contributed by atoms with Crippen molar-refractivity contribution in [2.75, 3.05) is 19.7 Å². The fourth-order valence-electron chi connectivity index (χ4n) is 0.718. The maximum absolute atomic E-state index is 5.47. The molecule has 0 aliphatic carbocycles. The van der Waals surface area contributed by atoms with E-state index in [0.29, 0.717) is 6.10 Å². The highest BCUT2D eigenvalue weighted by molar-refractivity contribution is 4.93. The fraction of sp³-hybridized carbons (Fsp3) is 0.750. The van der Waals surface area contributed by atoms with Crippen LogP contribution in [0.2, 0.25) is 0 Å². The first-order chi connectivity index (χ1) is 4.83. The topological polar surface area (TPSA) is 21.3 Å². The van der Waals surface area contributed by atoms with Gasteiger partial charge in [0.1, 0.15) is 0 Å². The summed E-state index contributed by atoms with van der Waals surface area (Å²) in [5.41, 5.74) is 1.19. The Morgan fingerprint density at radius 1 is 1.70 bits per heavy atom. The number of hydrogen-bond donors (Lipinski definition) is 1. The molecule has 2 nitrogen and oxygen atoms in total. The van der Waals surface area contributed by atoms with E-state index in [1.807, 2.05) is 0 Å². The molecule has 1 saturated heterocycles. The Morgan fingerprint density at radius 3 is 2.80 bits per heavy atom. The minimum absolute atomic E-state index is 0.447. The molecule has 10 heavy (non-hydrogen) atoms. The van der Waals surface area contributed by atoms with E-state index in [-0.39, 0.29) is 0 Å². The molecule has 1 aliphatic rings. The van der Waals surface area contributed by atoms with Gasteiger partial charge in [-0.25, -0.2) is 0 Å². The van der Waals surface area contributed by atoms with Crippen molar-refractivity contribution in [2.24, 2.45) is 0 Å². The summed E-state index contributed by atoms with van der Waals surface area (Å²) in [4.78, 5) is 0. The van der Waals surface area contributed by atoms with Crippen LogP contribution in [0.4, 0.5) is 0 Å². The largest absolute Gasteiger partial charge is 0.371 e. The first kappa shape index (κ1) is 7.76. The van der Waals surface area contributed by atoms with Crippen molar-refractivity contribution in [3.05, 3.63) is 12.2 Å². The van der Waals surface area contributed by atoms with Crippen molar-refractivity contribution in [1.82, 2.24) is 5.32 Å². The van der Waals surface area contributed by atoms with Crippen LogP contribution in [0, 0.1) is 0 Å². The molecule has 58 valence electrons. The lowest BCUT2D eigenvalue weighted by atomic mass is 10.2. The van der Waals surface area contributed by atoms with E-state index in [1.54, 1.807) is 0 Å². The molecule has 0 bridgehead atoms. The predicted octanol–water partition coefficient (Wildman–Crippen LogP) is 0.941. The van der Waals surface area contributed by atoms with E-state index in [9.17, 15) is 0 Å². The molecule has 0 spiro atoms. The lowest BCUT2D eigenvalue weighted by Crippen LogP contribution is -2.48. The maximum atomic E-state index is 5.47. The fourth-order valence-corrected chi connectivity index (χ4v) is 0.718. The van der Waals surface area contributed by atoms with Gasteiger partial charge in [-0.15, -0.1) is 0 Å². The molecular weight excluding hydrogens is 126 g/mol. The second-order valence-corrected chi connectivity index (χ2v) is 2.69. The van der Waals surface area contributed by atoms with Gasteiger partial charge < -0.3 is 10.1 Å². The van der Waals surface area contributed by atoms with E-state index < -0.39 is 0 Å². The standard InChI is InChI=1S/C8H15NO/c1-3-7(2)6-10-8-4-9-5-8/h8-9H,2-6H2,1H3. The highest BCUT2D eigenvalue weighted by atomic mass is 16.5. The van der Waals surface area contributed by atoms with Crippen molar-refractivity contribution in [1.29, 1.82) is 0 Å². The molecule has 0 aromatic rings. The van der Waals surface area contributed by atoms with Crippen molar-refractivity contribution >= 4 is 0 Å². The summed E-state index contributed by atoms with van der Waals surface area (Å²) in [5, 5.41) is 3.15. The Morgan fingerprint density at radius 2 is 2.40 bits per heavy atom. The molecule has 1 N–H and O–H groups in total. The zero-order chi connectivity index (χ0) is 7.40. The summed E-state index contributed by atoms with van der Waals surface area (Å²) in [6, 6.07) is 0. The van der Waals surface area contributed by atoms with Gasteiger partial charge in [0.15, 0.2) is 0 Å². The number of hydrogen-bond acceptors (Lipinski definition) is 2. The third kappa shape index (κ3) is 2.12. The molecule has 0 saturated carbocycles. The first-order valence-electron chi connectivity index (χ1n) is 3.82. The van der Waals surface area contributed by atoms with Gasteiger partial charge in [-0.1, -0.05) is 19.1 Å². The highest BCUT2D eigenvalue weighted by Gasteiger charge is 2.16. The van der Waals surface area contributed by atoms with Crippen LogP contribution in [0.15, 0.2) is 12.2 Å². The average molecular weight is 141 g/mol. The summed E-state index contributed by atoms with van der Waals surface area (Å²) in [5.74, 6) is 0. The number of ether oxygens (including phenoxy) is 1. The minimum atomic E-state index is 0.447. The molecule has 1 fully saturated rings. The number of rotatable bonds is 4. The Kier molecular flexibility index (Phi) is 2.90. The smallest absolute Gasteiger partial charge is 0.0827 e. The molecule has 0 aromatic carbocycles. The van der Waals surface area contributed by atoms with Crippen LogP contribution in [-0.2, 0) is 4.74 Å². The molecule has 1 rings (SSSR count). The maximum Gasteiger partial charge on any atom is 0.0827 e. The average Bonchev–Trinajstić information content (AvgIpc) is 1.84. The monoisotopic (exact) mass is 141 g/mol. The predicted molar refractivity (Wildman–Crippen MR) is 42.0 cm³/mol. The van der Waals surface area contributed by atoms with Crippen molar-refractivity contribution in [2.45, 2.75) is 19.4 Å². The van der Waals surface area contributed by atoms with Gasteiger partial charge in [0.2, 0.25) is 0 Å². The molecule has 0 unspecified atom stereocenters. The van der Waals surface area contributed by atoms with Crippen LogP contribution in [0.5, 0.6) is 0 Å². The quantitative estimate of drug-likeness (QED) is 0.588. The summed E-state index contributed by atoms with van der Waals surface area (Å²) in [6.07, 6.45) is 1.48. The summed E-state index contributed by atoms with van der Waals surface area (Å²) in [6.45, 7) is 8.72. The van der Waals surface area contributed by atoms with Gasteiger partial charge in [-0.2, -0.15) is 0 Å². The second kappa shape index (κ2) is 3.74. The van der Waals surface area contributed by atoms with E-state index >= 15 is 0 Å². The molecule has 0 atom stereocenters. The molecular formula is C8H15NO. The van der Waals surface area contributed by atoms with Gasteiger partial charge in [0.05, 0.1) is 12.7 Å². The van der Waals surface area contributed by atoms with Crippen LogP contribution in [0.25, 0.3) is 0 Å². The van der Waals surface area contributed by atoms with Crippen LogP contribution in [0.3, 0.4) is 0 Å². The third-order valence-corrected chi connectivity index (χ3v) is 1.77. The SMILES string of the molecule is C=C(CC)COC1CNC1. The summed E-state index contributed by atoms with van der Waals surface area (Å²) in [7, 11) is 0. The second-order valence-electron chi connectivity index (χ2n) is 2.69. The van der Waals surface area contributed by atoms with Crippen molar-refractivity contribution in [3.63, 3.8) is 0 Å². The highest BCUT2D eigenvalue weighted by Crippen LogP contribution is 2.03. The van der Waals surface area contributed by atoms with Crippen LogP contribution in [0.1, 0.15) is 13.3 Å². The Balaban J connectivity index is 1.98.